The summed E-state index contributed by atoms with van der Waals surface area (Å²) in [6.45, 7) is 2.35. The van der Waals surface area contributed by atoms with Gasteiger partial charge >= 0.3 is 0 Å². The first-order chi connectivity index (χ1) is 11.1. The standard InChI is InChI=1S/C18H17ClO4/c1-3-23-16-7-5-4-6-13(16)15(20)9-8-12-10-14(19)18(21)17(11-12)22-2/h4-11,21H,3H2,1-2H3/b9-8+. The van der Waals surface area contributed by atoms with E-state index >= 15 is 0 Å². The van der Waals surface area contributed by atoms with E-state index < -0.39 is 0 Å². The van der Waals surface area contributed by atoms with Crippen LogP contribution in [0.4, 0.5) is 0 Å². The van der Waals surface area contributed by atoms with E-state index in [-0.39, 0.29) is 22.3 Å². The molecule has 4 nitrogen and oxygen atoms in total. The summed E-state index contributed by atoms with van der Waals surface area (Å²) < 4.78 is 10.5. The average molecular weight is 333 g/mol. The van der Waals surface area contributed by atoms with Crippen molar-refractivity contribution in [3.05, 3.63) is 58.6 Å². The van der Waals surface area contributed by atoms with E-state index in [1.807, 2.05) is 13.0 Å². The molecule has 120 valence electrons. The van der Waals surface area contributed by atoms with Gasteiger partial charge in [0.1, 0.15) is 5.75 Å². The minimum atomic E-state index is -0.183. The topological polar surface area (TPSA) is 55.8 Å². The normalized spacial score (nSPS) is 10.7. The van der Waals surface area contributed by atoms with Gasteiger partial charge in [-0.3, -0.25) is 4.79 Å². The Morgan fingerprint density at radius 3 is 2.70 bits per heavy atom. The number of carbonyl (C=O) groups excluding carboxylic acids is 1. The predicted octanol–water partition coefficient (Wildman–Crippen LogP) is 4.35. The van der Waals surface area contributed by atoms with Crippen LogP contribution in [0.3, 0.4) is 0 Å². The Bertz CT molecular complexity index is 738. The maximum atomic E-state index is 12.3. The van der Waals surface area contributed by atoms with Crippen molar-refractivity contribution in [3.63, 3.8) is 0 Å². The summed E-state index contributed by atoms with van der Waals surface area (Å²) in [5.74, 6) is 0.488. The fourth-order valence-electron chi connectivity index (χ4n) is 2.06. The number of hydrogen-bond donors (Lipinski definition) is 1. The highest BCUT2D eigenvalue weighted by Gasteiger charge is 2.10. The van der Waals surface area contributed by atoms with Crippen LogP contribution in [-0.4, -0.2) is 24.6 Å². The molecule has 0 aliphatic rings. The molecule has 0 aromatic heterocycles. The van der Waals surface area contributed by atoms with Gasteiger partial charge in [0.25, 0.3) is 0 Å². The van der Waals surface area contributed by atoms with Crippen molar-refractivity contribution in [1.29, 1.82) is 0 Å². The number of aromatic hydroxyl groups is 1. The number of phenols is 1. The Morgan fingerprint density at radius 1 is 1.26 bits per heavy atom. The largest absolute Gasteiger partial charge is 0.503 e. The lowest BCUT2D eigenvalue weighted by atomic mass is 10.1. The van der Waals surface area contributed by atoms with Gasteiger partial charge in [-0.1, -0.05) is 29.8 Å². The minimum Gasteiger partial charge on any atom is -0.503 e. The fourth-order valence-corrected chi connectivity index (χ4v) is 2.28. The zero-order valence-electron chi connectivity index (χ0n) is 12.9. The lowest BCUT2D eigenvalue weighted by Gasteiger charge is -2.07. The summed E-state index contributed by atoms with van der Waals surface area (Å²) >= 11 is 5.93. The molecule has 23 heavy (non-hydrogen) atoms. The van der Waals surface area contributed by atoms with Crippen molar-refractivity contribution in [2.75, 3.05) is 13.7 Å². The molecule has 0 unspecified atom stereocenters. The highest BCUT2D eigenvalue weighted by Crippen LogP contribution is 2.35. The predicted molar refractivity (Wildman–Crippen MR) is 90.6 cm³/mol. The number of rotatable bonds is 6. The molecule has 0 radical (unpaired) electrons. The molecule has 0 bridgehead atoms. The van der Waals surface area contributed by atoms with Crippen LogP contribution in [0.2, 0.25) is 5.02 Å². The molecule has 2 aromatic carbocycles. The third-order valence-electron chi connectivity index (χ3n) is 3.15. The Hall–Kier alpha value is -2.46. The monoisotopic (exact) mass is 332 g/mol. The Morgan fingerprint density at radius 2 is 2.00 bits per heavy atom. The Kier molecular flexibility index (Phi) is 5.66. The number of ketones is 1. The number of ether oxygens (including phenoxy) is 2. The number of phenolic OH excluding ortho intramolecular Hbond substituents is 1. The molecule has 0 heterocycles. The second kappa shape index (κ2) is 7.70. The van der Waals surface area contributed by atoms with Gasteiger partial charge in [-0.05, 0) is 42.8 Å². The van der Waals surface area contributed by atoms with Crippen LogP contribution in [0.25, 0.3) is 6.08 Å². The van der Waals surface area contributed by atoms with Crippen LogP contribution >= 0.6 is 11.6 Å². The van der Waals surface area contributed by atoms with E-state index in [1.54, 1.807) is 36.4 Å². The first-order valence-electron chi connectivity index (χ1n) is 7.07. The van der Waals surface area contributed by atoms with Gasteiger partial charge in [-0.25, -0.2) is 0 Å². The molecule has 2 rings (SSSR count). The van der Waals surface area contributed by atoms with Crippen molar-refractivity contribution in [3.8, 4) is 17.2 Å². The van der Waals surface area contributed by atoms with Crippen molar-refractivity contribution < 1.29 is 19.4 Å². The van der Waals surface area contributed by atoms with Gasteiger partial charge < -0.3 is 14.6 Å². The Labute approximate surface area is 139 Å². The molecule has 1 N–H and O–H groups in total. The van der Waals surface area contributed by atoms with Crippen molar-refractivity contribution in [2.45, 2.75) is 6.92 Å². The summed E-state index contributed by atoms with van der Waals surface area (Å²) in [5, 5.41) is 9.87. The smallest absolute Gasteiger partial charge is 0.189 e. The van der Waals surface area contributed by atoms with Gasteiger partial charge in [0.2, 0.25) is 0 Å². The van der Waals surface area contributed by atoms with Crippen LogP contribution < -0.4 is 9.47 Å². The molecule has 5 heteroatoms. The van der Waals surface area contributed by atoms with Crippen LogP contribution in [0.1, 0.15) is 22.8 Å². The molecule has 0 aliphatic heterocycles. The first kappa shape index (κ1) is 16.9. The first-order valence-corrected chi connectivity index (χ1v) is 7.45. The highest BCUT2D eigenvalue weighted by molar-refractivity contribution is 6.32. The molecule has 0 saturated carbocycles. The van der Waals surface area contributed by atoms with E-state index in [2.05, 4.69) is 0 Å². The maximum Gasteiger partial charge on any atom is 0.189 e. The molecule has 0 atom stereocenters. The summed E-state index contributed by atoms with van der Waals surface area (Å²) in [4.78, 5) is 12.3. The van der Waals surface area contributed by atoms with Crippen LogP contribution in [0.5, 0.6) is 17.2 Å². The van der Waals surface area contributed by atoms with Crippen molar-refractivity contribution >= 4 is 23.5 Å². The SMILES string of the molecule is CCOc1ccccc1C(=O)/C=C/c1cc(Cl)c(O)c(OC)c1. The molecular formula is C18H17ClO4. The van der Waals surface area contributed by atoms with Crippen molar-refractivity contribution in [1.82, 2.24) is 0 Å². The number of allylic oxidation sites excluding steroid dienone is 1. The second-order valence-electron chi connectivity index (χ2n) is 4.68. The third-order valence-corrected chi connectivity index (χ3v) is 3.44. The van der Waals surface area contributed by atoms with E-state index in [0.29, 0.717) is 23.5 Å². The minimum absolute atomic E-state index is 0.126. The number of para-hydroxylation sites is 1. The van der Waals surface area contributed by atoms with Crippen molar-refractivity contribution in [2.24, 2.45) is 0 Å². The van der Waals surface area contributed by atoms with E-state index in [9.17, 15) is 9.90 Å². The van der Waals surface area contributed by atoms with Gasteiger partial charge in [0.05, 0.1) is 24.3 Å². The van der Waals surface area contributed by atoms with Gasteiger partial charge in [-0.15, -0.1) is 0 Å². The summed E-state index contributed by atoms with van der Waals surface area (Å²) in [7, 11) is 1.43. The quantitative estimate of drug-likeness (QED) is 0.631. The van der Waals surface area contributed by atoms with E-state index in [0.717, 1.165) is 0 Å². The molecule has 2 aromatic rings. The van der Waals surface area contributed by atoms with E-state index in [4.69, 9.17) is 21.1 Å². The lowest BCUT2D eigenvalue weighted by Crippen LogP contribution is -2.01. The number of methoxy groups -OCH3 is 1. The zero-order valence-corrected chi connectivity index (χ0v) is 13.6. The maximum absolute atomic E-state index is 12.3. The van der Waals surface area contributed by atoms with Gasteiger partial charge in [0, 0.05) is 0 Å². The summed E-state index contributed by atoms with van der Waals surface area (Å²) in [5.41, 5.74) is 1.13. The molecule has 0 spiro atoms. The van der Waals surface area contributed by atoms with Gasteiger partial charge in [0.15, 0.2) is 17.3 Å². The number of carbonyl (C=O) groups is 1. The molecule has 0 amide bonds. The second-order valence-corrected chi connectivity index (χ2v) is 5.09. The Balaban J connectivity index is 2.27. The third kappa shape index (κ3) is 4.05. The number of benzene rings is 2. The highest BCUT2D eigenvalue weighted by atomic mass is 35.5. The van der Waals surface area contributed by atoms with E-state index in [1.165, 1.54) is 13.2 Å². The van der Waals surface area contributed by atoms with Crippen LogP contribution in [0.15, 0.2) is 42.5 Å². The zero-order chi connectivity index (χ0) is 16.8. The molecule has 0 saturated heterocycles. The molecular weight excluding hydrogens is 316 g/mol. The summed E-state index contributed by atoms with van der Waals surface area (Å²) in [6.07, 6.45) is 3.04. The molecule has 0 aliphatic carbocycles. The van der Waals surface area contributed by atoms with Gasteiger partial charge in [-0.2, -0.15) is 0 Å². The summed E-state index contributed by atoms with van der Waals surface area (Å²) in [6, 6.07) is 10.2. The lowest BCUT2D eigenvalue weighted by molar-refractivity contribution is 0.104. The average Bonchev–Trinajstić information content (AvgIpc) is 2.56. The number of hydrogen-bond acceptors (Lipinski definition) is 4. The number of halogens is 1. The van der Waals surface area contributed by atoms with Crippen LogP contribution in [0, 0.1) is 0 Å². The fraction of sp³-hybridized carbons (Fsp3) is 0.167. The molecule has 0 fully saturated rings. The van der Waals surface area contributed by atoms with Crippen LogP contribution in [-0.2, 0) is 0 Å².